The minimum absolute atomic E-state index is 0.137. The number of aliphatic hydroxyl groups is 1. The average Bonchev–Trinajstić information content (AvgIpc) is 2.75. The van der Waals surface area contributed by atoms with Gasteiger partial charge in [-0.3, -0.25) is 4.79 Å². The first-order valence-corrected chi connectivity index (χ1v) is 6.36. The number of rotatable bonds is 2. The number of aromatic nitrogens is 2. The molecule has 1 fully saturated rings. The highest BCUT2D eigenvalue weighted by Crippen LogP contribution is 2.20. The third-order valence-electron chi connectivity index (χ3n) is 2.93. The minimum Gasteiger partial charge on any atom is -0.391 e. The Labute approximate surface area is 111 Å². The van der Waals surface area contributed by atoms with Crippen LogP contribution in [-0.2, 0) is 0 Å². The van der Waals surface area contributed by atoms with Crippen molar-refractivity contribution in [2.75, 3.05) is 13.1 Å². The lowest BCUT2D eigenvalue weighted by molar-refractivity contribution is 0.0759. The van der Waals surface area contributed by atoms with Crippen LogP contribution in [0.25, 0.3) is 0 Å². The van der Waals surface area contributed by atoms with Gasteiger partial charge in [0, 0.05) is 19.0 Å². The molecule has 0 aliphatic carbocycles. The minimum atomic E-state index is -0.445. The van der Waals surface area contributed by atoms with Crippen LogP contribution in [0.1, 0.15) is 42.5 Å². The van der Waals surface area contributed by atoms with Gasteiger partial charge in [-0.25, -0.2) is 9.97 Å². The normalized spacial score (nSPS) is 19.6. The Morgan fingerprint density at radius 1 is 1.61 bits per heavy atom. The summed E-state index contributed by atoms with van der Waals surface area (Å²) in [6.45, 7) is 4.79. The second-order valence-corrected chi connectivity index (χ2v) is 5.18. The number of carbonyl (C=O) groups excluding carboxylic acids is 1. The number of halogens is 1. The molecule has 0 spiro atoms. The molecule has 1 N–H and O–H groups in total. The van der Waals surface area contributed by atoms with E-state index in [0.29, 0.717) is 25.3 Å². The summed E-state index contributed by atoms with van der Waals surface area (Å²) < 4.78 is 0. The quantitative estimate of drug-likeness (QED) is 0.883. The molecule has 0 bridgehead atoms. The fourth-order valence-corrected chi connectivity index (χ4v) is 2.06. The monoisotopic (exact) mass is 269 g/mol. The molecule has 1 aliphatic heterocycles. The maximum absolute atomic E-state index is 12.2. The Morgan fingerprint density at radius 2 is 2.33 bits per heavy atom. The van der Waals surface area contributed by atoms with E-state index in [-0.39, 0.29) is 22.5 Å². The number of β-amino-alcohol motifs (C(OH)–C–C–N with tert-alkyl or cyclic N) is 1. The largest absolute Gasteiger partial charge is 0.391 e. The van der Waals surface area contributed by atoms with Gasteiger partial charge in [-0.05, 0) is 6.42 Å². The van der Waals surface area contributed by atoms with Crippen molar-refractivity contribution in [2.24, 2.45) is 0 Å². The SMILES string of the molecule is CC(C)c1ncc(Cl)c(C(=O)N2CCC(O)C2)n1. The van der Waals surface area contributed by atoms with Crippen molar-refractivity contribution in [1.82, 2.24) is 14.9 Å². The summed E-state index contributed by atoms with van der Waals surface area (Å²) in [6.07, 6.45) is 1.62. The molecular weight excluding hydrogens is 254 g/mol. The van der Waals surface area contributed by atoms with E-state index < -0.39 is 6.10 Å². The number of likely N-dealkylation sites (tertiary alicyclic amines) is 1. The predicted octanol–water partition coefficient (Wildman–Crippen LogP) is 1.46. The summed E-state index contributed by atoms with van der Waals surface area (Å²) in [6, 6.07) is 0. The number of hydrogen-bond donors (Lipinski definition) is 1. The molecule has 18 heavy (non-hydrogen) atoms. The zero-order chi connectivity index (χ0) is 13.3. The fourth-order valence-electron chi connectivity index (χ4n) is 1.88. The van der Waals surface area contributed by atoms with E-state index in [1.54, 1.807) is 4.90 Å². The summed E-state index contributed by atoms with van der Waals surface area (Å²) in [5.74, 6) is 0.501. The van der Waals surface area contributed by atoms with Gasteiger partial charge >= 0.3 is 0 Å². The van der Waals surface area contributed by atoms with Gasteiger partial charge < -0.3 is 10.0 Å². The first-order chi connectivity index (χ1) is 8.49. The molecule has 1 aromatic rings. The summed E-state index contributed by atoms with van der Waals surface area (Å²) in [5.41, 5.74) is 0.226. The summed E-state index contributed by atoms with van der Waals surface area (Å²) in [5, 5.41) is 9.70. The smallest absolute Gasteiger partial charge is 0.274 e. The van der Waals surface area contributed by atoms with Crippen molar-refractivity contribution in [1.29, 1.82) is 0 Å². The Balaban J connectivity index is 2.26. The van der Waals surface area contributed by atoms with E-state index in [1.807, 2.05) is 13.8 Å². The van der Waals surface area contributed by atoms with Gasteiger partial charge in [0.25, 0.3) is 5.91 Å². The van der Waals surface area contributed by atoms with Crippen LogP contribution in [0.15, 0.2) is 6.20 Å². The van der Waals surface area contributed by atoms with Crippen molar-refractivity contribution in [3.8, 4) is 0 Å². The molecule has 2 heterocycles. The van der Waals surface area contributed by atoms with E-state index in [4.69, 9.17) is 11.6 Å². The van der Waals surface area contributed by atoms with Gasteiger partial charge in [-0.15, -0.1) is 0 Å². The maximum atomic E-state index is 12.2. The van der Waals surface area contributed by atoms with Crippen LogP contribution in [0.4, 0.5) is 0 Å². The molecule has 98 valence electrons. The van der Waals surface area contributed by atoms with Crippen LogP contribution in [0, 0.1) is 0 Å². The molecule has 0 radical (unpaired) electrons. The number of hydrogen-bond acceptors (Lipinski definition) is 4. The predicted molar refractivity (Wildman–Crippen MR) is 67.7 cm³/mol. The molecule has 0 aromatic carbocycles. The van der Waals surface area contributed by atoms with Gasteiger partial charge in [0.05, 0.1) is 17.3 Å². The molecule has 1 saturated heterocycles. The lowest BCUT2D eigenvalue weighted by Crippen LogP contribution is -2.30. The zero-order valence-electron chi connectivity index (χ0n) is 10.4. The van der Waals surface area contributed by atoms with Crippen molar-refractivity contribution in [3.63, 3.8) is 0 Å². The Hall–Kier alpha value is -1.20. The topological polar surface area (TPSA) is 66.3 Å². The highest BCUT2D eigenvalue weighted by atomic mass is 35.5. The molecule has 1 aliphatic rings. The lowest BCUT2D eigenvalue weighted by Gasteiger charge is -2.16. The van der Waals surface area contributed by atoms with E-state index in [0.717, 1.165) is 0 Å². The first kappa shape index (κ1) is 13.2. The standard InChI is InChI=1S/C12H16ClN3O2/c1-7(2)11-14-5-9(13)10(15-11)12(18)16-4-3-8(17)6-16/h5,7-8,17H,3-4,6H2,1-2H3. The number of aliphatic hydroxyl groups excluding tert-OH is 1. The maximum Gasteiger partial charge on any atom is 0.274 e. The third-order valence-corrected chi connectivity index (χ3v) is 3.21. The van der Waals surface area contributed by atoms with Gasteiger partial charge in [0.15, 0.2) is 5.69 Å². The average molecular weight is 270 g/mol. The highest BCUT2D eigenvalue weighted by Gasteiger charge is 2.28. The van der Waals surface area contributed by atoms with Crippen LogP contribution in [0.5, 0.6) is 0 Å². The summed E-state index contributed by atoms with van der Waals surface area (Å²) >= 11 is 5.98. The molecule has 5 nitrogen and oxygen atoms in total. The molecule has 1 amide bonds. The second kappa shape index (κ2) is 5.20. The van der Waals surface area contributed by atoms with Crippen LogP contribution >= 0.6 is 11.6 Å². The van der Waals surface area contributed by atoms with E-state index >= 15 is 0 Å². The van der Waals surface area contributed by atoms with E-state index in [1.165, 1.54) is 6.20 Å². The Bertz CT molecular complexity index is 465. The van der Waals surface area contributed by atoms with E-state index in [9.17, 15) is 9.90 Å². The van der Waals surface area contributed by atoms with Crippen molar-refractivity contribution in [2.45, 2.75) is 32.3 Å². The van der Waals surface area contributed by atoms with Gasteiger partial charge in [-0.2, -0.15) is 0 Å². The van der Waals surface area contributed by atoms with Crippen LogP contribution in [0.2, 0.25) is 5.02 Å². The first-order valence-electron chi connectivity index (χ1n) is 5.98. The molecule has 0 saturated carbocycles. The van der Waals surface area contributed by atoms with Gasteiger partial charge in [-0.1, -0.05) is 25.4 Å². The molecular formula is C12H16ClN3O2. The fraction of sp³-hybridized carbons (Fsp3) is 0.583. The molecule has 6 heteroatoms. The zero-order valence-corrected chi connectivity index (χ0v) is 11.2. The highest BCUT2D eigenvalue weighted by molar-refractivity contribution is 6.33. The Morgan fingerprint density at radius 3 is 2.89 bits per heavy atom. The Kier molecular flexibility index (Phi) is 3.82. The van der Waals surface area contributed by atoms with Crippen molar-refractivity contribution >= 4 is 17.5 Å². The van der Waals surface area contributed by atoms with Gasteiger partial charge in [0.2, 0.25) is 0 Å². The number of carbonyl (C=O) groups is 1. The van der Waals surface area contributed by atoms with Crippen LogP contribution in [0.3, 0.4) is 0 Å². The third kappa shape index (κ3) is 2.62. The van der Waals surface area contributed by atoms with Crippen LogP contribution < -0.4 is 0 Å². The summed E-state index contributed by atoms with van der Waals surface area (Å²) in [4.78, 5) is 22.1. The van der Waals surface area contributed by atoms with Crippen molar-refractivity contribution < 1.29 is 9.90 Å². The molecule has 2 rings (SSSR count). The second-order valence-electron chi connectivity index (χ2n) is 4.77. The number of nitrogens with zero attached hydrogens (tertiary/aromatic N) is 3. The van der Waals surface area contributed by atoms with Gasteiger partial charge in [0.1, 0.15) is 5.82 Å². The summed E-state index contributed by atoms with van der Waals surface area (Å²) in [7, 11) is 0. The number of amides is 1. The molecule has 1 aromatic heterocycles. The van der Waals surface area contributed by atoms with Crippen LogP contribution in [-0.4, -0.2) is 45.1 Å². The van der Waals surface area contributed by atoms with E-state index in [2.05, 4.69) is 9.97 Å². The molecule has 1 unspecified atom stereocenters. The van der Waals surface area contributed by atoms with Crippen molar-refractivity contribution in [3.05, 3.63) is 22.7 Å². The lowest BCUT2D eigenvalue weighted by atomic mass is 10.2. The molecule has 1 atom stereocenters.